The fourth-order valence-corrected chi connectivity index (χ4v) is 3.20. The van der Waals surface area contributed by atoms with Gasteiger partial charge in [-0.2, -0.15) is 0 Å². The highest BCUT2D eigenvalue weighted by atomic mass is 16.4. The Hall–Kier alpha value is -2.36. The third-order valence-corrected chi connectivity index (χ3v) is 4.17. The van der Waals surface area contributed by atoms with Gasteiger partial charge in [0.15, 0.2) is 0 Å². The SMILES string of the molecule is Cn1c(C(=O)O)c(-c2ccccc2)c2c(c1=O)CCCC2. The van der Waals surface area contributed by atoms with Crippen LogP contribution in [0.2, 0.25) is 0 Å². The number of rotatable bonds is 2. The predicted octanol–water partition coefficient (Wildman–Crippen LogP) is 2.63. The van der Waals surface area contributed by atoms with Crippen LogP contribution in [0.5, 0.6) is 0 Å². The van der Waals surface area contributed by atoms with Crippen molar-refractivity contribution in [3.63, 3.8) is 0 Å². The number of aromatic nitrogens is 1. The molecule has 1 aliphatic carbocycles. The molecule has 1 aliphatic rings. The van der Waals surface area contributed by atoms with E-state index in [-0.39, 0.29) is 11.3 Å². The van der Waals surface area contributed by atoms with Crippen molar-refractivity contribution in [2.75, 3.05) is 0 Å². The number of carbonyl (C=O) groups is 1. The summed E-state index contributed by atoms with van der Waals surface area (Å²) in [7, 11) is 1.55. The zero-order valence-electron chi connectivity index (χ0n) is 11.9. The Morgan fingerprint density at radius 1 is 1.10 bits per heavy atom. The second kappa shape index (κ2) is 5.20. The van der Waals surface area contributed by atoms with Crippen LogP contribution in [0.25, 0.3) is 11.1 Å². The van der Waals surface area contributed by atoms with Crippen molar-refractivity contribution >= 4 is 5.97 Å². The smallest absolute Gasteiger partial charge is 0.353 e. The topological polar surface area (TPSA) is 59.3 Å². The molecule has 1 aromatic heterocycles. The lowest BCUT2D eigenvalue weighted by molar-refractivity contribution is 0.0685. The number of hydrogen-bond donors (Lipinski definition) is 1. The molecule has 108 valence electrons. The number of pyridine rings is 1. The van der Waals surface area contributed by atoms with Crippen LogP contribution in [-0.2, 0) is 19.9 Å². The highest BCUT2D eigenvalue weighted by molar-refractivity contribution is 5.95. The minimum atomic E-state index is -1.05. The summed E-state index contributed by atoms with van der Waals surface area (Å²) in [5.74, 6) is -1.05. The zero-order valence-corrected chi connectivity index (χ0v) is 11.9. The molecule has 4 nitrogen and oxygen atoms in total. The number of fused-ring (bicyclic) bond motifs is 1. The van der Waals surface area contributed by atoms with Crippen molar-refractivity contribution in [1.29, 1.82) is 0 Å². The van der Waals surface area contributed by atoms with Crippen LogP contribution in [0.1, 0.15) is 34.5 Å². The summed E-state index contributed by atoms with van der Waals surface area (Å²) >= 11 is 0. The van der Waals surface area contributed by atoms with Gasteiger partial charge in [-0.3, -0.25) is 4.79 Å². The first-order chi connectivity index (χ1) is 10.1. The van der Waals surface area contributed by atoms with Crippen LogP contribution < -0.4 is 5.56 Å². The third kappa shape index (κ3) is 2.17. The average molecular weight is 283 g/mol. The van der Waals surface area contributed by atoms with Gasteiger partial charge in [0.2, 0.25) is 0 Å². The summed E-state index contributed by atoms with van der Waals surface area (Å²) in [5.41, 5.74) is 3.21. The molecule has 0 atom stereocenters. The van der Waals surface area contributed by atoms with Gasteiger partial charge < -0.3 is 9.67 Å². The maximum atomic E-state index is 12.4. The molecule has 0 unspecified atom stereocenters. The molecule has 0 fully saturated rings. The van der Waals surface area contributed by atoms with Crippen LogP contribution >= 0.6 is 0 Å². The van der Waals surface area contributed by atoms with E-state index >= 15 is 0 Å². The Balaban J connectivity index is 2.43. The van der Waals surface area contributed by atoms with Gasteiger partial charge in [-0.05, 0) is 36.8 Å². The lowest BCUT2D eigenvalue weighted by Gasteiger charge is -2.23. The monoisotopic (exact) mass is 283 g/mol. The average Bonchev–Trinajstić information content (AvgIpc) is 2.51. The molecule has 0 aliphatic heterocycles. The van der Waals surface area contributed by atoms with Crippen molar-refractivity contribution in [2.24, 2.45) is 7.05 Å². The summed E-state index contributed by atoms with van der Waals surface area (Å²) in [6.45, 7) is 0. The molecule has 0 saturated heterocycles. The molecule has 1 N–H and O–H groups in total. The molecule has 3 rings (SSSR count). The molecular weight excluding hydrogens is 266 g/mol. The van der Waals surface area contributed by atoms with Gasteiger partial charge in [-0.1, -0.05) is 30.3 Å². The molecule has 1 aromatic carbocycles. The molecular formula is C17H17NO3. The van der Waals surface area contributed by atoms with Crippen molar-refractivity contribution < 1.29 is 9.90 Å². The summed E-state index contributed by atoms with van der Waals surface area (Å²) in [6.07, 6.45) is 3.50. The fourth-order valence-electron chi connectivity index (χ4n) is 3.20. The van der Waals surface area contributed by atoms with Crippen molar-refractivity contribution in [3.05, 3.63) is 57.5 Å². The first-order valence-electron chi connectivity index (χ1n) is 7.14. The van der Waals surface area contributed by atoms with Crippen molar-refractivity contribution in [1.82, 2.24) is 4.57 Å². The molecule has 0 radical (unpaired) electrons. The molecule has 1 heterocycles. The first-order valence-corrected chi connectivity index (χ1v) is 7.14. The summed E-state index contributed by atoms with van der Waals surface area (Å²) in [6, 6.07) is 9.49. The second-order valence-electron chi connectivity index (χ2n) is 5.42. The number of carboxylic acid groups (broad SMARTS) is 1. The van der Waals surface area contributed by atoms with Crippen LogP contribution in [0, 0.1) is 0 Å². The fraction of sp³-hybridized carbons (Fsp3) is 0.294. The molecule has 0 saturated carbocycles. The Morgan fingerprint density at radius 2 is 1.71 bits per heavy atom. The Bertz CT molecular complexity index is 760. The number of nitrogens with zero attached hydrogens (tertiary/aromatic N) is 1. The molecule has 4 heteroatoms. The van der Waals surface area contributed by atoms with Gasteiger partial charge in [0, 0.05) is 18.2 Å². The minimum absolute atomic E-state index is 0.0897. The number of benzene rings is 1. The van der Waals surface area contributed by atoms with Crippen LogP contribution in [-0.4, -0.2) is 15.6 Å². The Kier molecular flexibility index (Phi) is 3.37. The van der Waals surface area contributed by atoms with Gasteiger partial charge in [0.1, 0.15) is 5.69 Å². The quantitative estimate of drug-likeness (QED) is 0.921. The van der Waals surface area contributed by atoms with Gasteiger partial charge in [0.05, 0.1) is 0 Å². The molecule has 2 aromatic rings. The number of aromatic carboxylic acids is 1. The lowest BCUT2D eigenvalue weighted by Crippen LogP contribution is -2.31. The molecule has 21 heavy (non-hydrogen) atoms. The highest BCUT2D eigenvalue weighted by Crippen LogP contribution is 2.32. The van der Waals surface area contributed by atoms with Gasteiger partial charge in [-0.25, -0.2) is 4.79 Å². The second-order valence-corrected chi connectivity index (χ2v) is 5.42. The van der Waals surface area contributed by atoms with E-state index in [1.165, 1.54) is 4.57 Å². The first kappa shape index (κ1) is 13.6. The summed E-state index contributed by atoms with van der Waals surface area (Å²) < 4.78 is 1.29. The van der Waals surface area contributed by atoms with Gasteiger partial charge >= 0.3 is 5.97 Å². The van der Waals surface area contributed by atoms with E-state index in [4.69, 9.17) is 0 Å². The largest absolute Gasteiger partial charge is 0.477 e. The van der Waals surface area contributed by atoms with E-state index in [1.54, 1.807) is 7.05 Å². The lowest BCUT2D eigenvalue weighted by atomic mass is 9.85. The van der Waals surface area contributed by atoms with E-state index in [9.17, 15) is 14.7 Å². The van der Waals surface area contributed by atoms with Gasteiger partial charge in [0.25, 0.3) is 5.56 Å². The van der Waals surface area contributed by atoms with Crippen LogP contribution in [0.15, 0.2) is 35.1 Å². The van der Waals surface area contributed by atoms with Gasteiger partial charge in [-0.15, -0.1) is 0 Å². The predicted molar refractivity (Wildman–Crippen MR) is 80.7 cm³/mol. The van der Waals surface area contributed by atoms with Crippen molar-refractivity contribution in [2.45, 2.75) is 25.7 Å². The highest BCUT2D eigenvalue weighted by Gasteiger charge is 2.26. The summed E-state index contributed by atoms with van der Waals surface area (Å²) in [4.78, 5) is 24.1. The molecule has 0 bridgehead atoms. The van der Waals surface area contributed by atoms with Crippen molar-refractivity contribution in [3.8, 4) is 11.1 Å². The third-order valence-electron chi connectivity index (χ3n) is 4.17. The number of hydrogen-bond acceptors (Lipinski definition) is 2. The standard InChI is InChI=1S/C17H17NO3/c1-18-15(17(20)21)14(11-7-3-2-4-8-11)12-9-5-6-10-13(12)16(18)19/h2-4,7-8H,5-6,9-10H2,1H3,(H,20,21). The van der Waals surface area contributed by atoms with E-state index in [1.807, 2.05) is 30.3 Å². The number of carboxylic acids is 1. The normalized spacial score (nSPS) is 13.8. The van der Waals surface area contributed by atoms with Crippen LogP contribution in [0.3, 0.4) is 0 Å². The van der Waals surface area contributed by atoms with E-state index in [0.717, 1.165) is 42.4 Å². The maximum absolute atomic E-state index is 12.4. The van der Waals surface area contributed by atoms with Crippen LogP contribution in [0.4, 0.5) is 0 Å². The Morgan fingerprint density at radius 3 is 2.33 bits per heavy atom. The summed E-state index contributed by atoms with van der Waals surface area (Å²) in [5, 5.41) is 9.57. The molecule has 0 spiro atoms. The Labute approximate surface area is 122 Å². The van der Waals surface area contributed by atoms with E-state index in [0.29, 0.717) is 5.56 Å². The minimum Gasteiger partial charge on any atom is -0.477 e. The van der Waals surface area contributed by atoms with E-state index < -0.39 is 5.97 Å². The maximum Gasteiger partial charge on any atom is 0.353 e. The van der Waals surface area contributed by atoms with E-state index in [2.05, 4.69) is 0 Å². The zero-order chi connectivity index (χ0) is 15.0. The molecule has 0 amide bonds.